The summed E-state index contributed by atoms with van der Waals surface area (Å²) in [7, 11) is 0. The van der Waals surface area contributed by atoms with Crippen molar-refractivity contribution in [3.8, 4) is 5.75 Å². The lowest BCUT2D eigenvalue weighted by Gasteiger charge is -2.15. The van der Waals surface area contributed by atoms with Crippen molar-refractivity contribution in [2.75, 3.05) is 5.32 Å². The van der Waals surface area contributed by atoms with Gasteiger partial charge in [-0.3, -0.25) is 10.2 Å². The van der Waals surface area contributed by atoms with Crippen LogP contribution in [0.3, 0.4) is 0 Å². The first-order valence-electron chi connectivity index (χ1n) is 10.0. The lowest BCUT2D eigenvalue weighted by atomic mass is 9.99. The summed E-state index contributed by atoms with van der Waals surface area (Å²) in [6, 6.07) is 17.7. The van der Waals surface area contributed by atoms with Crippen molar-refractivity contribution in [1.82, 2.24) is 0 Å². The summed E-state index contributed by atoms with van der Waals surface area (Å²) in [4.78, 5) is 11.8. The number of carbonyl (C=O) groups excluding carboxylic acids is 1. The molecule has 4 N–H and O–H groups in total. The predicted molar refractivity (Wildman–Crippen MR) is 123 cm³/mol. The van der Waals surface area contributed by atoms with E-state index in [9.17, 15) is 9.90 Å². The van der Waals surface area contributed by atoms with E-state index in [0.717, 1.165) is 34.4 Å². The molecule has 0 amide bonds. The third kappa shape index (κ3) is 5.04. The highest BCUT2D eigenvalue weighted by Crippen LogP contribution is 2.32. The van der Waals surface area contributed by atoms with Gasteiger partial charge in [-0.1, -0.05) is 42.5 Å². The van der Waals surface area contributed by atoms with Gasteiger partial charge in [0.1, 0.15) is 5.75 Å². The number of Topliss-reactive ketones (excluding diaryl/α,β-unsaturated/α-hetero) is 1. The number of rotatable bonds is 7. The number of ketones is 1. The molecule has 0 aliphatic rings. The Hall–Kier alpha value is -3.80. The van der Waals surface area contributed by atoms with Crippen LogP contribution in [0.1, 0.15) is 50.7 Å². The van der Waals surface area contributed by atoms with Gasteiger partial charge < -0.3 is 10.4 Å². The van der Waals surface area contributed by atoms with E-state index in [4.69, 9.17) is 10.9 Å². The second kappa shape index (κ2) is 9.34. The summed E-state index contributed by atoms with van der Waals surface area (Å²) < 4.78 is 0. The molecule has 0 aromatic heterocycles. The summed E-state index contributed by atoms with van der Waals surface area (Å²) in [5, 5.41) is 24.6. The van der Waals surface area contributed by atoms with Crippen LogP contribution < -0.4 is 5.32 Å². The molecule has 6 nitrogen and oxygen atoms in total. The molecule has 3 aromatic carbocycles. The number of hydrogen-bond acceptors (Lipinski definition) is 5. The number of aromatic hydroxyl groups is 1. The standard InChI is InChI=1S/C25H26N4O2/c1-15-11-22(16(2)24(31)23(15)17(3)30)28-14-19-9-7-18(8-10-19)12-20-5-4-6-21(13-20)25(26)29-27/h4-11,13,26-28,31H,12,14H2,1-3H3. The Morgan fingerprint density at radius 1 is 1.03 bits per heavy atom. The molecule has 0 atom stereocenters. The van der Waals surface area contributed by atoms with Gasteiger partial charge in [-0.05, 0) is 61.6 Å². The van der Waals surface area contributed by atoms with Crippen LogP contribution >= 0.6 is 0 Å². The smallest absolute Gasteiger partial charge is 0.173 e. The van der Waals surface area contributed by atoms with Gasteiger partial charge in [-0.2, -0.15) is 0 Å². The minimum absolute atomic E-state index is 0.0406. The van der Waals surface area contributed by atoms with E-state index in [-0.39, 0.29) is 17.4 Å². The summed E-state index contributed by atoms with van der Waals surface area (Å²) in [5.41, 5.74) is 13.5. The predicted octanol–water partition coefficient (Wildman–Crippen LogP) is 5.77. The molecule has 0 aliphatic carbocycles. The van der Waals surface area contributed by atoms with Crippen molar-refractivity contribution >= 4 is 17.3 Å². The van der Waals surface area contributed by atoms with Crippen molar-refractivity contribution in [3.63, 3.8) is 0 Å². The molecular formula is C25H26N4O2. The van der Waals surface area contributed by atoms with Crippen LogP contribution in [0.25, 0.3) is 0 Å². The van der Waals surface area contributed by atoms with E-state index < -0.39 is 0 Å². The highest BCUT2D eigenvalue weighted by molar-refractivity contribution is 5.99. The summed E-state index contributed by atoms with van der Waals surface area (Å²) in [6.07, 6.45) is 0.728. The Bertz CT molecular complexity index is 1150. The van der Waals surface area contributed by atoms with Crippen molar-refractivity contribution in [2.45, 2.75) is 33.7 Å². The van der Waals surface area contributed by atoms with Gasteiger partial charge in [0.25, 0.3) is 0 Å². The van der Waals surface area contributed by atoms with Crippen LogP contribution in [0.5, 0.6) is 5.75 Å². The van der Waals surface area contributed by atoms with Crippen LogP contribution in [0, 0.1) is 24.8 Å². The quantitative estimate of drug-likeness (QED) is 0.170. The maximum Gasteiger partial charge on any atom is 0.173 e. The van der Waals surface area contributed by atoms with Crippen LogP contribution in [0.15, 0.2) is 59.7 Å². The lowest BCUT2D eigenvalue weighted by molar-refractivity contribution is 0.101. The van der Waals surface area contributed by atoms with E-state index in [0.29, 0.717) is 23.2 Å². The fourth-order valence-corrected chi connectivity index (χ4v) is 3.63. The van der Waals surface area contributed by atoms with Crippen LogP contribution in [-0.2, 0) is 13.0 Å². The molecule has 0 saturated heterocycles. The molecular weight excluding hydrogens is 388 g/mol. The SMILES string of the molecule is CC(=O)c1c(C)cc(NCc2ccc(Cc3cccc(C(=N)N=N)c3)cc2)c(C)c1O. The Morgan fingerprint density at radius 2 is 1.71 bits per heavy atom. The average molecular weight is 415 g/mol. The third-order valence-electron chi connectivity index (χ3n) is 5.33. The number of amidine groups is 1. The highest BCUT2D eigenvalue weighted by atomic mass is 16.3. The topological polar surface area (TPSA) is 109 Å². The number of nitrogens with zero attached hydrogens (tertiary/aromatic N) is 1. The van der Waals surface area contributed by atoms with Gasteiger partial charge in [-0.25, -0.2) is 5.53 Å². The van der Waals surface area contributed by atoms with E-state index in [1.807, 2.05) is 31.2 Å². The van der Waals surface area contributed by atoms with Crippen LogP contribution in [0.2, 0.25) is 0 Å². The molecule has 6 heteroatoms. The number of carbonyl (C=O) groups is 1. The van der Waals surface area contributed by atoms with Crippen LogP contribution in [-0.4, -0.2) is 16.7 Å². The first-order chi connectivity index (χ1) is 14.8. The number of benzene rings is 3. The number of aryl methyl sites for hydroxylation is 1. The van der Waals surface area contributed by atoms with Gasteiger partial charge in [-0.15, -0.1) is 5.11 Å². The first kappa shape index (κ1) is 21.9. The zero-order chi connectivity index (χ0) is 22.5. The zero-order valence-electron chi connectivity index (χ0n) is 17.9. The molecule has 0 saturated carbocycles. The second-order valence-electron chi connectivity index (χ2n) is 7.65. The minimum atomic E-state index is -0.142. The number of phenolic OH excluding ortho intramolecular Hbond substituents is 1. The van der Waals surface area contributed by atoms with E-state index >= 15 is 0 Å². The molecule has 3 aromatic rings. The minimum Gasteiger partial charge on any atom is -0.507 e. The number of hydrogen-bond donors (Lipinski definition) is 4. The Morgan fingerprint density at radius 3 is 2.35 bits per heavy atom. The van der Waals surface area contributed by atoms with Crippen molar-refractivity contribution in [2.24, 2.45) is 5.11 Å². The average Bonchev–Trinajstić information content (AvgIpc) is 2.75. The maximum absolute atomic E-state index is 11.8. The number of anilines is 1. The second-order valence-corrected chi connectivity index (χ2v) is 7.65. The summed E-state index contributed by atoms with van der Waals surface area (Å²) >= 11 is 0. The fourth-order valence-electron chi connectivity index (χ4n) is 3.63. The molecule has 0 spiro atoms. The lowest BCUT2D eigenvalue weighted by Crippen LogP contribution is -2.05. The summed E-state index contributed by atoms with van der Waals surface area (Å²) in [6.45, 7) is 5.68. The van der Waals surface area contributed by atoms with Gasteiger partial charge in [0.2, 0.25) is 0 Å². The van der Waals surface area contributed by atoms with Crippen molar-refractivity contribution in [1.29, 1.82) is 10.9 Å². The van der Waals surface area contributed by atoms with Gasteiger partial charge in [0.15, 0.2) is 11.6 Å². The molecule has 31 heavy (non-hydrogen) atoms. The van der Waals surface area contributed by atoms with E-state index in [1.54, 1.807) is 13.0 Å². The van der Waals surface area contributed by atoms with Crippen molar-refractivity contribution < 1.29 is 9.90 Å². The Balaban J connectivity index is 1.69. The molecule has 3 rings (SSSR count). The van der Waals surface area contributed by atoms with Gasteiger partial charge in [0.05, 0.1) is 5.56 Å². The number of phenols is 1. The molecule has 0 unspecified atom stereocenters. The Labute approximate surface area is 182 Å². The van der Waals surface area contributed by atoms with Gasteiger partial charge >= 0.3 is 0 Å². The summed E-state index contributed by atoms with van der Waals surface area (Å²) in [5.74, 6) is -0.147. The Kier molecular flexibility index (Phi) is 6.60. The van der Waals surface area contributed by atoms with Crippen LogP contribution in [0.4, 0.5) is 5.69 Å². The highest BCUT2D eigenvalue weighted by Gasteiger charge is 2.15. The molecule has 0 fully saturated rings. The molecule has 158 valence electrons. The van der Waals surface area contributed by atoms with Gasteiger partial charge in [0, 0.05) is 23.4 Å². The normalized spacial score (nSPS) is 10.5. The van der Waals surface area contributed by atoms with E-state index in [1.165, 1.54) is 6.92 Å². The molecule has 0 bridgehead atoms. The first-order valence-corrected chi connectivity index (χ1v) is 10.0. The molecule has 0 aliphatic heterocycles. The monoisotopic (exact) mass is 414 g/mol. The van der Waals surface area contributed by atoms with Crippen molar-refractivity contribution in [3.05, 3.63) is 93.5 Å². The van der Waals surface area contributed by atoms with E-state index in [2.05, 4.69) is 34.7 Å². The number of nitrogens with one attached hydrogen (secondary N) is 3. The molecule has 0 radical (unpaired) electrons. The molecule has 0 heterocycles. The zero-order valence-corrected chi connectivity index (χ0v) is 17.9. The third-order valence-corrected chi connectivity index (χ3v) is 5.33. The maximum atomic E-state index is 11.8. The largest absolute Gasteiger partial charge is 0.507 e. The fraction of sp³-hybridized carbons (Fsp3) is 0.200.